The first-order valence-corrected chi connectivity index (χ1v) is 8.92. The fourth-order valence-corrected chi connectivity index (χ4v) is 3.70. The summed E-state index contributed by atoms with van der Waals surface area (Å²) in [5.41, 5.74) is 8.92. The topological polar surface area (TPSA) is 52.3 Å². The summed E-state index contributed by atoms with van der Waals surface area (Å²) < 4.78 is 33.3. The molecule has 3 nitrogen and oxygen atoms in total. The molecule has 2 aromatic carbocycles. The maximum atomic E-state index is 14.3. The molecule has 0 saturated carbocycles. The molecule has 138 valence electrons. The molecule has 0 bridgehead atoms. The lowest BCUT2D eigenvalue weighted by molar-refractivity contribution is 0.0991. The van der Waals surface area contributed by atoms with Crippen LogP contribution < -0.4 is 10.5 Å². The van der Waals surface area contributed by atoms with E-state index in [4.69, 9.17) is 10.5 Å². The smallest absolute Gasteiger partial charge is 0.254 e. The highest BCUT2D eigenvalue weighted by atomic mass is 19.1. The normalized spacial score (nSPS) is 17.7. The van der Waals surface area contributed by atoms with Crippen LogP contribution in [0.1, 0.15) is 45.8 Å². The van der Waals surface area contributed by atoms with Crippen molar-refractivity contribution in [2.75, 3.05) is 6.61 Å². The van der Waals surface area contributed by atoms with E-state index in [1.165, 1.54) is 17.2 Å². The first kappa shape index (κ1) is 17.5. The second-order valence-corrected chi connectivity index (χ2v) is 6.94. The van der Waals surface area contributed by atoms with Gasteiger partial charge >= 0.3 is 0 Å². The molecule has 2 aliphatic carbocycles. The van der Waals surface area contributed by atoms with Crippen LogP contribution in [0.15, 0.2) is 48.1 Å². The molecule has 2 aromatic rings. The molecule has 27 heavy (non-hydrogen) atoms. The largest absolute Gasteiger partial charge is 0.486 e. The Morgan fingerprint density at radius 3 is 2.81 bits per heavy atom. The average molecular weight is 367 g/mol. The van der Waals surface area contributed by atoms with E-state index < -0.39 is 23.1 Å². The number of allylic oxidation sites excluding steroid dienone is 2. The maximum absolute atomic E-state index is 14.3. The Bertz CT molecular complexity index is 979. The van der Waals surface area contributed by atoms with Crippen LogP contribution in [0.25, 0.3) is 6.08 Å². The van der Waals surface area contributed by atoms with Crippen LogP contribution in [0, 0.1) is 11.6 Å². The lowest BCUT2D eigenvalue weighted by atomic mass is 9.95. The van der Waals surface area contributed by atoms with Gasteiger partial charge in [-0.25, -0.2) is 8.78 Å². The van der Waals surface area contributed by atoms with Gasteiger partial charge in [-0.15, -0.1) is 0 Å². The number of ether oxygens (including phenoxy) is 1. The monoisotopic (exact) mass is 367 g/mol. The van der Waals surface area contributed by atoms with E-state index in [9.17, 15) is 13.6 Å². The van der Waals surface area contributed by atoms with Crippen molar-refractivity contribution in [2.24, 2.45) is 5.73 Å². The summed E-state index contributed by atoms with van der Waals surface area (Å²) in [5.74, 6) is -2.91. The van der Waals surface area contributed by atoms with Gasteiger partial charge in [0, 0.05) is 5.92 Å². The van der Waals surface area contributed by atoms with Gasteiger partial charge in [-0.2, -0.15) is 0 Å². The number of amides is 1. The van der Waals surface area contributed by atoms with Crippen LogP contribution in [0.5, 0.6) is 5.75 Å². The first-order chi connectivity index (χ1) is 13.0. The Morgan fingerprint density at radius 2 is 2.07 bits per heavy atom. The van der Waals surface area contributed by atoms with Crippen molar-refractivity contribution in [2.45, 2.75) is 25.2 Å². The lowest BCUT2D eigenvalue weighted by Gasteiger charge is -2.10. The third kappa shape index (κ3) is 3.37. The number of hydrogen-bond donors (Lipinski definition) is 1. The zero-order valence-electron chi connectivity index (χ0n) is 14.7. The quantitative estimate of drug-likeness (QED) is 0.790. The molecule has 0 radical (unpaired) electrons. The Morgan fingerprint density at radius 1 is 1.22 bits per heavy atom. The standard InChI is InChI=1S/C22H19F2NO2/c23-18-7-8-19(21(24)20(18)22(25)26)27-12-13-9-15-5-6-16(11-17(15)10-13)14-3-1-2-4-14/h1,3,5-8,10-11,14H,2,4,9,12H2,(H2,25,26). The molecular weight excluding hydrogens is 348 g/mol. The van der Waals surface area contributed by atoms with Gasteiger partial charge in [0.2, 0.25) is 0 Å². The molecule has 5 heteroatoms. The number of carbonyl (C=O) groups is 1. The molecule has 4 rings (SSSR count). The minimum Gasteiger partial charge on any atom is -0.486 e. The minimum atomic E-state index is -1.16. The Hall–Kier alpha value is -2.95. The van der Waals surface area contributed by atoms with Crippen LogP contribution in [-0.2, 0) is 6.42 Å². The summed E-state index contributed by atoms with van der Waals surface area (Å²) in [4.78, 5) is 11.2. The molecule has 1 unspecified atom stereocenters. The fraction of sp³-hybridized carbons (Fsp3) is 0.227. The summed E-state index contributed by atoms with van der Waals surface area (Å²) >= 11 is 0. The van der Waals surface area contributed by atoms with Gasteiger partial charge in [-0.05, 0) is 53.7 Å². The van der Waals surface area contributed by atoms with Crippen molar-refractivity contribution in [3.05, 3.63) is 81.9 Å². The number of carbonyl (C=O) groups excluding carboxylic acids is 1. The predicted octanol–water partition coefficient (Wildman–Crippen LogP) is 4.52. The molecule has 1 atom stereocenters. The van der Waals surface area contributed by atoms with E-state index in [-0.39, 0.29) is 12.4 Å². The fourth-order valence-electron chi connectivity index (χ4n) is 3.70. The highest BCUT2D eigenvalue weighted by molar-refractivity contribution is 5.93. The summed E-state index contributed by atoms with van der Waals surface area (Å²) in [6.07, 6.45) is 9.50. The highest BCUT2D eigenvalue weighted by Crippen LogP contribution is 2.33. The Labute approximate surface area is 156 Å². The molecule has 0 heterocycles. The molecule has 1 amide bonds. The molecule has 0 aromatic heterocycles. The van der Waals surface area contributed by atoms with E-state index >= 15 is 0 Å². The van der Waals surface area contributed by atoms with Gasteiger partial charge in [0.15, 0.2) is 11.6 Å². The molecule has 2 N–H and O–H groups in total. The SMILES string of the molecule is NC(=O)c1c(F)ccc(OCC2=Cc3cc(C4C=CCC4)ccc3C2)c1F. The third-order valence-corrected chi connectivity index (χ3v) is 5.10. The molecule has 2 aliphatic rings. The van der Waals surface area contributed by atoms with Crippen molar-refractivity contribution in [3.8, 4) is 5.75 Å². The van der Waals surface area contributed by atoms with Crippen LogP contribution in [0.3, 0.4) is 0 Å². The predicted molar refractivity (Wildman–Crippen MR) is 99.6 cm³/mol. The van der Waals surface area contributed by atoms with Crippen LogP contribution in [0.4, 0.5) is 8.78 Å². The Balaban J connectivity index is 1.49. The number of primary amides is 1. The van der Waals surface area contributed by atoms with Gasteiger partial charge in [0.05, 0.1) is 0 Å². The summed E-state index contributed by atoms with van der Waals surface area (Å²) in [7, 11) is 0. The molecule has 0 saturated heterocycles. The van der Waals surface area contributed by atoms with Crippen LogP contribution in [-0.4, -0.2) is 12.5 Å². The molecule has 0 aliphatic heterocycles. The van der Waals surface area contributed by atoms with Gasteiger partial charge in [0.1, 0.15) is 18.0 Å². The van der Waals surface area contributed by atoms with Gasteiger partial charge in [0.25, 0.3) is 5.91 Å². The number of halogens is 2. The number of fused-ring (bicyclic) bond motifs is 1. The van der Waals surface area contributed by atoms with E-state index in [1.54, 1.807) is 0 Å². The van der Waals surface area contributed by atoms with Crippen LogP contribution in [0.2, 0.25) is 0 Å². The zero-order chi connectivity index (χ0) is 19.0. The van der Waals surface area contributed by atoms with Crippen molar-refractivity contribution < 1.29 is 18.3 Å². The first-order valence-electron chi connectivity index (χ1n) is 8.92. The van der Waals surface area contributed by atoms with Gasteiger partial charge < -0.3 is 10.5 Å². The van der Waals surface area contributed by atoms with Crippen molar-refractivity contribution in [1.29, 1.82) is 0 Å². The second kappa shape index (κ2) is 6.99. The number of nitrogens with two attached hydrogens (primary N) is 1. The number of rotatable bonds is 5. The number of hydrogen-bond acceptors (Lipinski definition) is 2. The summed E-state index contributed by atoms with van der Waals surface area (Å²) in [5, 5.41) is 0. The van der Waals surface area contributed by atoms with Crippen molar-refractivity contribution in [1.82, 2.24) is 0 Å². The highest BCUT2D eigenvalue weighted by Gasteiger charge is 2.21. The third-order valence-electron chi connectivity index (χ3n) is 5.10. The van der Waals surface area contributed by atoms with E-state index in [1.807, 2.05) is 6.08 Å². The Kier molecular flexibility index (Phi) is 4.52. The van der Waals surface area contributed by atoms with E-state index in [0.29, 0.717) is 5.92 Å². The van der Waals surface area contributed by atoms with Crippen molar-refractivity contribution in [3.63, 3.8) is 0 Å². The molecule has 0 fully saturated rings. The average Bonchev–Trinajstić information content (AvgIpc) is 3.29. The zero-order valence-corrected chi connectivity index (χ0v) is 14.7. The molecular formula is C22H19F2NO2. The molecule has 0 spiro atoms. The van der Waals surface area contributed by atoms with E-state index in [2.05, 4.69) is 30.4 Å². The summed E-state index contributed by atoms with van der Waals surface area (Å²) in [6, 6.07) is 8.65. The second-order valence-electron chi connectivity index (χ2n) is 6.94. The maximum Gasteiger partial charge on any atom is 0.254 e. The minimum absolute atomic E-state index is 0.161. The number of benzene rings is 2. The van der Waals surface area contributed by atoms with Gasteiger partial charge in [-0.3, -0.25) is 4.79 Å². The summed E-state index contributed by atoms with van der Waals surface area (Å²) in [6.45, 7) is 0.161. The van der Waals surface area contributed by atoms with E-state index in [0.717, 1.165) is 36.5 Å². The lowest BCUT2D eigenvalue weighted by Crippen LogP contribution is -2.16. The van der Waals surface area contributed by atoms with Crippen molar-refractivity contribution >= 4 is 12.0 Å². The van der Waals surface area contributed by atoms with Crippen LogP contribution >= 0.6 is 0 Å². The van der Waals surface area contributed by atoms with Gasteiger partial charge in [-0.1, -0.05) is 36.4 Å².